The summed E-state index contributed by atoms with van der Waals surface area (Å²) >= 11 is 0. The third-order valence-electron chi connectivity index (χ3n) is 4.84. The van der Waals surface area contributed by atoms with Crippen molar-refractivity contribution in [2.45, 2.75) is 26.8 Å². The number of benzene rings is 2. The molecule has 0 fully saturated rings. The maximum Gasteiger partial charge on any atom is 0.257 e. The lowest BCUT2D eigenvalue weighted by atomic mass is 10.1. The molecule has 0 spiro atoms. The van der Waals surface area contributed by atoms with Crippen molar-refractivity contribution in [3.63, 3.8) is 0 Å². The quantitative estimate of drug-likeness (QED) is 0.683. The number of amides is 2. The van der Waals surface area contributed by atoms with Gasteiger partial charge in [-0.2, -0.15) is 0 Å². The van der Waals surface area contributed by atoms with Crippen LogP contribution in [-0.2, 0) is 0 Å². The molecule has 1 heterocycles. The van der Waals surface area contributed by atoms with E-state index >= 15 is 0 Å². The summed E-state index contributed by atoms with van der Waals surface area (Å²) in [6, 6.07) is 18.2. The van der Waals surface area contributed by atoms with Gasteiger partial charge < -0.3 is 14.6 Å². The van der Waals surface area contributed by atoms with Crippen LogP contribution in [0.2, 0.25) is 0 Å². The fraction of sp³-hybridized carbons (Fsp3) is 0.217. The molecule has 5 heteroatoms. The lowest BCUT2D eigenvalue weighted by molar-refractivity contribution is 0.0740. The molecule has 0 bridgehead atoms. The number of aryl methyl sites for hydroxylation is 2. The van der Waals surface area contributed by atoms with Gasteiger partial charge >= 0.3 is 0 Å². The van der Waals surface area contributed by atoms with Crippen LogP contribution in [0.25, 0.3) is 0 Å². The van der Waals surface area contributed by atoms with E-state index in [1.807, 2.05) is 56.3 Å². The smallest absolute Gasteiger partial charge is 0.257 e. The minimum absolute atomic E-state index is 0.0967. The van der Waals surface area contributed by atoms with Gasteiger partial charge in [0.2, 0.25) is 0 Å². The van der Waals surface area contributed by atoms with Gasteiger partial charge in [-0.25, -0.2) is 0 Å². The minimum Gasteiger partial charge on any atom is -0.466 e. The van der Waals surface area contributed by atoms with Gasteiger partial charge in [0.05, 0.1) is 11.6 Å². The van der Waals surface area contributed by atoms with Gasteiger partial charge in [-0.3, -0.25) is 9.59 Å². The molecule has 28 heavy (non-hydrogen) atoms. The number of furan rings is 1. The Labute approximate surface area is 165 Å². The first-order valence-electron chi connectivity index (χ1n) is 9.17. The number of nitrogens with zero attached hydrogens (tertiary/aromatic N) is 1. The van der Waals surface area contributed by atoms with Gasteiger partial charge in [0, 0.05) is 18.3 Å². The third kappa shape index (κ3) is 4.14. The Morgan fingerprint density at radius 2 is 1.71 bits per heavy atom. The minimum atomic E-state index is -0.171. The molecule has 3 aromatic rings. The van der Waals surface area contributed by atoms with Crippen LogP contribution in [-0.4, -0.2) is 23.8 Å². The molecule has 2 amide bonds. The topological polar surface area (TPSA) is 62.6 Å². The maximum atomic E-state index is 12.8. The highest BCUT2D eigenvalue weighted by Crippen LogP contribution is 2.25. The molecule has 5 nitrogen and oxygen atoms in total. The molecule has 0 aliphatic rings. The Morgan fingerprint density at radius 3 is 2.36 bits per heavy atom. The second-order valence-corrected chi connectivity index (χ2v) is 6.86. The molecular formula is C23H24N2O3. The maximum absolute atomic E-state index is 12.8. The molecule has 3 rings (SSSR count). The molecule has 0 aliphatic carbocycles. The van der Waals surface area contributed by atoms with E-state index in [4.69, 9.17) is 4.42 Å². The van der Waals surface area contributed by atoms with Crippen molar-refractivity contribution in [2.24, 2.45) is 0 Å². The second kappa shape index (κ2) is 8.13. The molecule has 0 radical (unpaired) electrons. The summed E-state index contributed by atoms with van der Waals surface area (Å²) in [6.07, 6.45) is 0. The van der Waals surface area contributed by atoms with E-state index in [0.29, 0.717) is 28.3 Å². The average Bonchev–Trinajstić information content (AvgIpc) is 3.05. The van der Waals surface area contributed by atoms with Gasteiger partial charge in [0.25, 0.3) is 11.8 Å². The van der Waals surface area contributed by atoms with Crippen molar-refractivity contribution in [1.82, 2.24) is 4.90 Å². The number of carbonyl (C=O) groups excluding carboxylic acids is 2. The van der Waals surface area contributed by atoms with Gasteiger partial charge in [-0.1, -0.05) is 30.3 Å². The molecule has 144 valence electrons. The molecule has 0 saturated heterocycles. The predicted octanol–water partition coefficient (Wildman–Crippen LogP) is 4.98. The standard InChI is InChI=1S/C23H24N2O3/c1-15-13-21(17(3)28-15)23(27)25(4)16(2)19-11-8-12-20(14-19)24-22(26)18-9-6-5-7-10-18/h5-14,16H,1-4H3,(H,24,26)/t16-/m1/s1. The highest BCUT2D eigenvalue weighted by atomic mass is 16.3. The van der Waals surface area contributed by atoms with Crippen molar-refractivity contribution in [2.75, 3.05) is 12.4 Å². The Morgan fingerprint density at radius 1 is 1.00 bits per heavy atom. The first kappa shape index (κ1) is 19.4. The van der Waals surface area contributed by atoms with Crippen molar-refractivity contribution in [3.8, 4) is 0 Å². The molecule has 1 N–H and O–H groups in total. The van der Waals surface area contributed by atoms with E-state index in [1.54, 1.807) is 37.1 Å². The first-order chi connectivity index (χ1) is 13.4. The number of hydrogen-bond acceptors (Lipinski definition) is 3. The molecule has 0 aliphatic heterocycles. The summed E-state index contributed by atoms with van der Waals surface area (Å²) in [5.74, 6) is 1.07. The molecule has 0 saturated carbocycles. The summed E-state index contributed by atoms with van der Waals surface area (Å²) in [4.78, 5) is 26.9. The second-order valence-electron chi connectivity index (χ2n) is 6.86. The van der Waals surface area contributed by atoms with Crippen LogP contribution in [0.5, 0.6) is 0 Å². The normalized spacial score (nSPS) is 11.7. The highest BCUT2D eigenvalue weighted by molar-refractivity contribution is 6.04. The largest absolute Gasteiger partial charge is 0.466 e. The van der Waals surface area contributed by atoms with Crippen LogP contribution in [0, 0.1) is 13.8 Å². The van der Waals surface area contributed by atoms with Crippen LogP contribution in [0.1, 0.15) is 50.8 Å². The molecule has 0 unspecified atom stereocenters. The SMILES string of the molecule is Cc1cc(C(=O)N(C)[C@H](C)c2cccc(NC(=O)c3ccccc3)c2)c(C)o1. The Balaban J connectivity index is 1.76. The van der Waals surface area contributed by atoms with Crippen molar-refractivity contribution < 1.29 is 14.0 Å². The lowest BCUT2D eigenvalue weighted by Crippen LogP contribution is -2.29. The summed E-state index contributed by atoms with van der Waals surface area (Å²) in [5, 5.41) is 2.91. The van der Waals surface area contributed by atoms with E-state index < -0.39 is 0 Å². The molecule has 2 aromatic carbocycles. The summed E-state index contributed by atoms with van der Waals surface area (Å²) in [5.41, 5.74) is 2.79. The van der Waals surface area contributed by atoms with Crippen LogP contribution in [0.15, 0.2) is 65.1 Å². The monoisotopic (exact) mass is 376 g/mol. The van der Waals surface area contributed by atoms with E-state index in [-0.39, 0.29) is 17.9 Å². The Kier molecular flexibility index (Phi) is 5.64. The zero-order chi connectivity index (χ0) is 20.3. The zero-order valence-corrected chi connectivity index (χ0v) is 16.5. The summed E-state index contributed by atoms with van der Waals surface area (Å²) in [7, 11) is 1.77. The van der Waals surface area contributed by atoms with Crippen molar-refractivity contribution in [3.05, 3.63) is 88.9 Å². The zero-order valence-electron chi connectivity index (χ0n) is 16.5. The fourth-order valence-corrected chi connectivity index (χ4v) is 3.10. The summed E-state index contributed by atoms with van der Waals surface area (Å²) < 4.78 is 5.48. The highest BCUT2D eigenvalue weighted by Gasteiger charge is 2.22. The van der Waals surface area contributed by atoms with Crippen LogP contribution in [0.4, 0.5) is 5.69 Å². The Bertz CT molecular complexity index is 992. The Hall–Kier alpha value is -3.34. The molecule has 1 atom stereocenters. The number of carbonyl (C=O) groups is 2. The van der Waals surface area contributed by atoms with Gasteiger partial charge in [0.1, 0.15) is 11.5 Å². The van der Waals surface area contributed by atoms with Gasteiger partial charge in [-0.15, -0.1) is 0 Å². The van der Waals surface area contributed by atoms with Gasteiger partial charge in [0.15, 0.2) is 0 Å². The molecule has 1 aromatic heterocycles. The van der Waals surface area contributed by atoms with Crippen molar-refractivity contribution >= 4 is 17.5 Å². The van der Waals surface area contributed by atoms with E-state index in [9.17, 15) is 9.59 Å². The third-order valence-corrected chi connectivity index (χ3v) is 4.84. The van der Waals surface area contributed by atoms with Crippen LogP contribution in [0.3, 0.4) is 0 Å². The number of hydrogen-bond donors (Lipinski definition) is 1. The summed E-state index contributed by atoms with van der Waals surface area (Å²) in [6.45, 7) is 5.57. The van der Waals surface area contributed by atoms with E-state index in [0.717, 1.165) is 5.56 Å². The fourth-order valence-electron chi connectivity index (χ4n) is 3.10. The first-order valence-corrected chi connectivity index (χ1v) is 9.17. The molecular weight excluding hydrogens is 352 g/mol. The number of anilines is 1. The predicted molar refractivity (Wildman–Crippen MR) is 110 cm³/mol. The van der Waals surface area contributed by atoms with E-state index in [1.165, 1.54) is 0 Å². The average molecular weight is 376 g/mol. The lowest BCUT2D eigenvalue weighted by Gasteiger charge is -2.25. The van der Waals surface area contributed by atoms with Gasteiger partial charge in [-0.05, 0) is 56.7 Å². The number of nitrogens with one attached hydrogen (secondary N) is 1. The number of rotatable bonds is 5. The van der Waals surface area contributed by atoms with E-state index in [2.05, 4.69) is 5.32 Å². The van der Waals surface area contributed by atoms with Crippen LogP contribution >= 0.6 is 0 Å². The van der Waals surface area contributed by atoms with Crippen LogP contribution < -0.4 is 5.32 Å². The van der Waals surface area contributed by atoms with Crippen molar-refractivity contribution in [1.29, 1.82) is 0 Å².